The summed E-state index contributed by atoms with van der Waals surface area (Å²) in [7, 11) is 1.94. The maximum Gasteiger partial charge on any atom is 0.128 e. The molecule has 1 atom stereocenters. The molecule has 0 bridgehead atoms. The molecule has 1 aromatic heterocycles. The molecule has 3 N–H and O–H groups in total. The van der Waals surface area contributed by atoms with Gasteiger partial charge in [-0.1, -0.05) is 34.1 Å². The Labute approximate surface area is 116 Å². The lowest BCUT2D eigenvalue weighted by molar-refractivity contribution is 0.592. The summed E-state index contributed by atoms with van der Waals surface area (Å²) in [6.45, 7) is 0. The fourth-order valence-electron chi connectivity index (χ4n) is 1.99. The average molecular weight is 306 g/mol. The second-order valence-electron chi connectivity index (χ2n) is 4.15. The fourth-order valence-corrected chi connectivity index (χ4v) is 2.44. The van der Waals surface area contributed by atoms with E-state index in [-0.39, 0.29) is 6.04 Å². The molecule has 1 aromatic carbocycles. The molecule has 1 heterocycles. The van der Waals surface area contributed by atoms with Crippen LogP contribution in [0.15, 0.2) is 47.1 Å². The summed E-state index contributed by atoms with van der Waals surface area (Å²) in [5.41, 5.74) is 8.22. The van der Waals surface area contributed by atoms with Crippen molar-refractivity contribution in [2.75, 3.05) is 12.8 Å². The number of benzene rings is 1. The molecule has 3 nitrogen and oxygen atoms in total. The van der Waals surface area contributed by atoms with Crippen LogP contribution in [-0.2, 0) is 6.42 Å². The van der Waals surface area contributed by atoms with Crippen molar-refractivity contribution in [3.05, 3.63) is 58.2 Å². The lowest BCUT2D eigenvalue weighted by Crippen LogP contribution is -2.20. The number of nitrogens with two attached hydrogens (primary N) is 1. The van der Waals surface area contributed by atoms with Crippen molar-refractivity contribution in [2.45, 2.75) is 12.5 Å². The second kappa shape index (κ2) is 5.98. The molecule has 0 radical (unpaired) electrons. The van der Waals surface area contributed by atoms with Crippen molar-refractivity contribution < 1.29 is 0 Å². The van der Waals surface area contributed by atoms with Gasteiger partial charge in [-0.3, -0.25) is 0 Å². The molecule has 2 aromatic rings. The molecule has 18 heavy (non-hydrogen) atoms. The number of aromatic nitrogens is 1. The summed E-state index contributed by atoms with van der Waals surface area (Å²) in [5, 5.41) is 3.29. The van der Waals surface area contributed by atoms with Gasteiger partial charge in [0.2, 0.25) is 0 Å². The molecule has 0 amide bonds. The van der Waals surface area contributed by atoms with Crippen LogP contribution in [0.25, 0.3) is 0 Å². The summed E-state index contributed by atoms with van der Waals surface area (Å²) < 4.78 is 1.09. The number of nitrogens with one attached hydrogen (secondary N) is 1. The lowest BCUT2D eigenvalue weighted by atomic mass is 9.99. The first-order chi connectivity index (χ1) is 8.70. The molecule has 0 aliphatic heterocycles. The van der Waals surface area contributed by atoms with Gasteiger partial charge >= 0.3 is 0 Å². The highest BCUT2D eigenvalue weighted by Gasteiger charge is 2.13. The molecule has 0 spiro atoms. The number of nitrogens with zero attached hydrogens (tertiary/aromatic N) is 1. The summed E-state index contributed by atoms with van der Waals surface area (Å²) >= 11 is 3.49. The molecule has 94 valence electrons. The summed E-state index contributed by atoms with van der Waals surface area (Å²) in [6.07, 6.45) is 2.59. The highest BCUT2D eigenvalue weighted by molar-refractivity contribution is 9.10. The highest BCUT2D eigenvalue weighted by Crippen LogP contribution is 2.23. The predicted octanol–water partition coefficient (Wildman–Crippen LogP) is 2.93. The standard InChI is InChI=1S/C14H16BrN3/c1-17-13(12-6-3-7-18-14(12)16)9-10-4-2-5-11(15)8-10/h2-8,13,17H,9H2,1H3,(H2,16,18). The molecule has 0 fully saturated rings. The van der Waals surface area contributed by atoms with Gasteiger partial charge in [-0.2, -0.15) is 0 Å². The highest BCUT2D eigenvalue weighted by atomic mass is 79.9. The summed E-state index contributed by atoms with van der Waals surface area (Å²) in [5.74, 6) is 0.590. The molecule has 2 rings (SSSR count). The van der Waals surface area contributed by atoms with Gasteiger partial charge in [-0.15, -0.1) is 0 Å². The van der Waals surface area contributed by atoms with E-state index in [1.54, 1.807) is 6.20 Å². The van der Waals surface area contributed by atoms with Crippen LogP contribution in [0, 0.1) is 0 Å². The average Bonchev–Trinajstić information content (AvgIpc) is 2.37. The first-order valence-electron chi connectivity index (χ1n) is 5.83. The second-order valence-corrected chi connectivity index (χ2v) is 5.07. The first-order valence-corrected chi connectivity index (χ1v) is 6.62. The maximum absolute atomic E-state index is 5.92. The number of rotatable bonds is 4. The van der Waals surface area contributed by atoms with Crippen molar-refractivity contribution in [3.63, 3.8) is 0 Å². The summed E-state index contributed by atoms with van der Waals surface area (Å²) in [6, 6.07) is 12.4. The van der Waals surface area contributed by atoms with E-state index in [0.29, 0.717) is 5.82 Å². The van der Waals surface area contributed by atoms with E-state index in [0.717, 1.165) is 16.5 Å². The van der Waals surface area contributed by atoms with Gasteiger partial charge in [0.25, 0.3) is 0 Å². The van der Waals surface area contributed by atoms with Crippen molar-refractivity contribution in [2.24, 2.45) is 0 Å². The topological polar surface area (TPSA) is 50.9 Å². The van der Waals surface area contributed by atoms with E-state index >= 15 is 0 Å². The third kappa shape index (κ3) is 3.09. The predicted molar refractivity (Wildman–Crippen MR) is 78.3 cm³/mol. The minimum Gasteiger partial charge on any atom is -0.383 e. The van der Waals surface area contributed by atoms with Crippen LogP contribution in [0.4, 0.5) is 5.82 Å². The minimum atomic E-state index is 0.174. The Morgan fingerprint density at radius 2 is 2.17 bits per heavy atom. The van der Waals surface area contributed by atoms with Crippen LogP contribution < -0.4 is 11.1 Å². The largest absolute Gasteiger partial charge is 0.383 e. The Morgan fingerprint density at radius 1 is 1.33 bits per heavy atom. The molecule has 1 unspecified atom stereocenters. The Hall–Kier alpha value is -1.39. The Balaban J connectivity index is 2.23. The van der Waals surface area contributed by atoms with Crippen molar-refractivity contribution in [1.29, 1.82) is 0 Å². The maximum atomic E-state index is 5.92. The quantitative estimate of drug-likeness (QED) is 0.913. The van der Waals surface area contributed by atoms with Gasteiger partial charge in [-0.05, 0) is 37.2 Å². The van der Waals surface area contributed by atoms with Crippen LogP contribution in [0.5, 0.6) is 0 Å². The van der Waals surface area contributed by atoms with Crippen LogP contribution in [0.3, 0.4) is 0 Å². The van der Waals surface area contributed by atoms with E-state index in [1.807, 2.05) is 31.3 Å². The monoisotopic (exact) mass is 305 g/mol. The van der Waals surface area contributed by atoms with Gasteiger partial charge in [0.05, 0.1) is 0 Å². The Bertz CT molecular complexity index is 528. The molecular formula is C14H16BrN3. The third-order valence-corrected chi connectivity index (χ3v) is 3.42. The van der Waals surface area contributed by atoms with E-state index in [2.05, 4.69) is 38.4 Å². The molecule has 4 heteroatoms. The number of nitrogen functional groups attached to an aromatic ring is 1. The zero-order chi connectivity index (χ0) is 13.0. The van der Waals surface area contributed by atoms with Gasteiger partial charge < -0.3 is 11.1 Å². The summed E-state index contributed by atoms with van der Waals surface area (Å²) in [4.78, 5) is 4.14. The van der Waals surface area contributed by atoms with E-state index < -0.39 is 0 Å². The van der Waals surface area contributed by atoms with E-state index in [1.165, 1.54) is 5.56 Å². The smallest absolute Gasteiger partial charge is 0.128 e. The van der Waals surface area contributed by atoms with Crippen LogP contribution in [0.2, 0.25) is 0 Å². The zero-order valence-corrected chi connectivity index (χ0v) is 11.8. The van der Waals surface area contributed by atoms with Crippen molar-refractivity contribution in [3.8, 4) is 0 Å². The number of hydrogen-bond acceptors (Lipinski definition) is 3. The Kier molecular flexibility index (Phi) is 4.33. The number of hydrogen-bond donors (Lipinski definition) is 2. The zero-order valence-electron chi connectivity index (χ0n) is 10.2. The first kappa shape index (κ1) is 13.1. The van der Waals surface area contributed by atoms with Gasteiger partial charge in [-0.25, -0.2) is 4.98 Å². The molecule has 0 aliphatic rings. The van der Waals surface area contributed by atoms with E-state index in [4.69, 9.17) is 5.73 Å². The number of likely N-dealkylation sites (N-methyl/N-ethyl adjacent to an activating group) is 1. The van der Waals surface area contributed by atoms with Crippen LogP contribution in [0.1, 0.15) is 17.2 Å². The number of pyridine rings is 1. The van der Waals surface area contributed by atoms with Crippen molar-refractivity contribution in [1.82, 2.24) is 10.3 Å². The molecule has 0 saturated heterocycles. The molecule has 0 saturated carbocycles. The normalized spacial score (nSPS) is 12.3. The van der Waals surface area contributed by atoms with Gasteiger partial charge in [0.1, 0.15) is 5.82 Å². The number of halogens is 1. The fraction of sp³-hybridized carbons (Fsp3) is 0.214. The van der Waals surface area contributed by atoms with Gasteiger partial charge in [0.15, 0.2) is 0 Å². The van der Waals surface area contributed by atoms with Crippen LogP contribution >= 0.6 is 15.9 Å². The SMILES string of the molecule is CNC(Cc1cccc(Br)c1)c1cccnc1N. The Morgan fingerprint density at radius 3 is 2.83 bits per heavy atom. The van der Waals surface area contributed by atoms with Crippen LogP contribution in [-0.4, -0.2) is 12.0 Å². The molecular weight excluding hydrogens is 290 g/mol. The third-order valence-electron chi connectivity index (χ3n) is 2.92. The van der Waals surface area contributed by atoms with Gasteiger partial charge in [0, 0.05) is 22.3 Å². The number of anilines is 1. The minimum absolute atomic E-state index is 0.174. The molecule has 0 aliphatic carbocycles. The lowest BCUT2D eigenvalue weighted by Gasteiger charge is -2.18. The van der Waals surface area contributed by atoms with E-state index in [9.17, 15) is 0 Å². The van der Waals surface area contributed by atoms with Crippen molar-refractivity contribution >= 4 is 21.7 Å².